The highest BCUT2D eigenvalue weighted by Crippen LogP contribution is 2.16. The van der Waals surface area contributed by atoms with E-state index in [0.717, 1.165) is 5.69 Å². The van der Waals surface area contributed by atoms with Gasteiger partial charge in [-0.1, -0.05) is 18.2 Å². The van der Waals surface area contributed by atoms with Crippen LogP contribution in [0.4, 0.5) is 11.4 Å². The highest BCUT2D eigenvalue weighted by Gasteiger charge is 2.06. The highest BCUT2D eigenvalue weighted by molar-refractivity contribution is 8.01. The van der Waals surface area contributed by atoms with Gasteiger partial charge in [0.15, 0.2) is 0 Å². The monoisotopic (exact) mass is 246 g/mol. The molecule has 0 aromatic heterocycles. The van der Waals surface area contributed by atoms with Gasteiger partial charge in [0.25, 0.3) is 0 Å². The summed E-state index contributed by atoms with van der Waals surface area (Å²) in [5.41, 5.74) is 7.01. The number of benzene rings is 2. The first-order valence-corrected chi connectivity index (χ1v) is 6.86. The molecule has 0 aliphatic carbocycles. The molecule has 2 aromatic carbocycles. The number of nitrogens with one attached hydrogen (secondary N) is 1. The maximum Gasteiger partial charge on any atom is 0.0738 e. The van der Waals surface area contributed by atoms with E-state index in [1.807, 2.05) is 30.3 Å². The molecule has 1 atom stereocenters. The first-order valence-electron chi connectivity index (χ1n) is 5.13. The Hall–Kier alpha value is -1.94. The fourth-order valence-corrected chi connectivity index (χ4v) is 2.65. The van der Waals surface area contributed by atoms with Crippen LogP contribution >= 0.6 is 0 Å². The Bertz CT molecular complexity index is 589. The van der Waals surface area contributed by atoms with E-state index in [-0.39, 0.29) is 0 Å². The van der Waals surface area contributed by atoms with Crippen molar-refractivity contribution >= 4 is 27.0 Å². The molecule has 0 heterocycles. The van der Waals surface area contributed by atoms with Crippen molar-refractivity contribution in [3.63, 3.8) is 0 Å². The molecule has 0 aliphatic heterocycles. The van der Waals surface area contributed by atoms with E-state index in [4.69, 9.17) is 5.73 Å². The first-order chi connectivity index (χ1) is 8.08. The number of anilines is 2. The molecule has 3 nitrogen and oxygen atoms in total. The molecule has 0 saturated carbocycles. The Labute approximate surface area is 101 Å². The Morgan fingerprint density at radius 1 is 1.00 bits per heavy atom. The lowest BCUT2D eigenvalue weighted by molar-refractivity contribution is 0.684. The van der Waals surface area contributed by atoms with Crippen LogP contribution in [-0.2, 0) is 9.71 Å². The van der Waals surface area contributed by atoms with E-state index in [9.17, 15) is 4.21 Å². The minimum absolute atomic E-state index is 0.635. The van der Waals surface area contributed by atoms with Crippen molar-refractivity contribution in [1.82, 2.24) is 0 Å². The van der Waals surface area contributed by atoms with Gasteiger partial charge in [-0.2, -0.15) is 0 Å². The van der Waals surface area contributed by atoms with E-state index >= 15 is 0 Å². The van der Waals surface area contributed by atoms with Crippen LogP contribution in [0.15, 0.2) is 59.5 Å². The van der Waals surface area contributed by atoms with Gasteiger partial charge in [-0.25, -0.2) is 4.21 Å². The lowest BCUT2D eigenvalue weighted by Crippen LogP contribution is -2.12. The second-order valence-electron chi connectivity index (χ2n) is 3.71. The lowest BCUT2D eigenvalue weighted by Gasteiger charge is -2.12. The first kappa shape index (κ1) is 11.5. The minimum Gasteiger partial charge on any atom is -0.399 e. The lowest BCUT2D eigenvalue weighted by atomic mass is 10.3. The summed E-state index contributed by atoms with van der Waals surface area (Å²) >= 11 is 0. The average molecular weight is 246 g/mol. The summed E-state index contributed by atoms with van der Waals surface area (Å²) in [4.78, 5) is 0.635. The summed E-state index contributed by atoms with van der Waals surface area (Å²) in [6.07, 6.45) is 0. The zero-order valence-electron chi connectivity index (χ0n) is 9.30. The van der Waals surface area contributed by atoms with Crippen molar-refractivity contribution in [1.29, 1.82) is 0 Å². The average Bonchev–Trinajstić information content (AvgIpc) is 2.30. The number of rotatable bonds is 3. The molecular weight excluding hydrogens is 232 g/mol. The fraction of sp³-hybridized carbons (Fsp3) is 0. The normalized spacial score (nSPS) is 13.9. The Kier molecular flexibility index (Phi) is 3.06. The summed E-state index contributed by atoms with van der Waals surface area (Å²) in [6, 6.07) is 16.2. The molecule has 4 heteroatoms. The quantitative estimate of drug-likeness (QED) is 0.645. The zero-order chi connectivity index (χ0) is 12.3. The summed E-state index contributed by atoms with van der Waals surface area (Å²) in [5.74, 6) is 3.74. The number of nitrogen functional groups attached to an aromatic ring is 1. The summed E-state index contributed by atoms with van der Waals surface area (Å²) in [7, 11) is -2.54. The highest BCUT2D eigenvalue weighted by atomic mass is 32.2. The van der Waals surface area contributed by atoms with Gasteiger partial charge in [-0.3, -0.25) is 0 Å². The third-order valence-corrected chi connectivity index (χ3v) is 3.92. The van der Waals surface area contributed by atoms with E-state index in [1.165, 1.54) is 0 Å². The molecule has 88 valence electrons. The van der Waals surface area contributed by atoms with Gasteiger partial charge in [0, 0.05) is 16.3 Å². The van der Waals surface area contributed by atoms with E-state index in [1.54, 1.807) is 24.3 Å². The Balaban J connectivity index is 2.29. The van der Waals surface area contributed by atoms with Crippen molar-refractivity contribution in [2.45, 2.75) is 4.90 Å². The van der Waals surface area contributed by atoms with Gasteiger partial charge in [0.2, 0.25) is 0 Å². The van der Waals surface area contributed by atoms with Crippen LogP contribution in [0, 0.1) is 0 Å². The smallest absolute Gasteiger partial charge is 0.0738 e. The maximum atomic E-state index is 12.4. The van der Waals surface area contributed by atoms with Crippen LogP contribution in [0.25, 0.3) is 0 Å². The molecule has 2 aromatic rings. The number of para-hydroxylation sites is 1. The second kappa shape index (κ2) is 4.51. The third-order valence-electron chi connectivity index (χ3n) is 2.32. The summed E-state index contributed by atoms with van der Waals surface area (Å²) < 4.78 is 15.3. The van der Waals surface area contributed by atoms with Crippen LogP contribution in [0.5, 0.6) is 0 Å². The summed E-state index contributed by atoms with van der Waals surface area (Å²) in [5, 5.41) is 0. The molecule has 1 unspecified atom stereocenters. The zero-order valence-corrected chi connectivity index (χ0v) is 10.1. The number of hydrogen-bond donors (Lipinski definition) is 2. The molecule has 0 amide bonds. The van der Waals surface area contributed by atoms with Crippen LogP contribution < -0.4 is 10.5 Å². The second-order valence-corrected chi connectivity index (χ2v) is 5.74. The Morgan fingerprint density at radius 2 is 1.59 bits per heavy atom. The molecule has 0 fully saturated rings. The fourth-order valence-electron chi connectivity index (χ4n) is 1.44. The minimum atomic E-state index is -2.54. The van der Waals surface area contributed by atoms with Crippen molar-refractivity contribution in [3.8, 4) is 0 Å². The third kappa shape index (κ3) is 2.79. The van der Waals surface area contributed by atoms with Gasteiger partial charge >= 0.3 is 0 Å². The summed E-state index contributed by atoms with van der Waals surface area (Å²) in [6.45, 7) is 0. The van der Waals surface area contributed by atoms with Crippen molar-refractivity contribution in [2.75, 3.05) is 10.5 Å². The molecule has 0 radical (unpaired) electrons. The molecule has 0 saturated heterocycles. The predicted molar refractivity (Wildman–Crippen MR) is 74.4 cm³/mol. The van der Waals surface area contributed by atoms with Crippen molar-refractivity contribution in [3.05, 3.63) is 54.6 Å². The van der Waals surface area contributed by atoms with Crippen molar-refractivity contribution in [2.24, 2.45) is 0 Å². The van der Waals surface area contributed by atoms with Crippen LogP contribution in [-0.4, -0.2) is 10.1 Å². The Morgan fingerprint density at radius 3 is 2.18 bits per heavy atom. The van der Waals surface area contributed by atoms with E-state index in [0.29, 0.717) is 10.6 Å². The van der Waals surface area contributed by atoms with Gasteiger partial charge < -0.3 is 10.5 Å². The maximum absolute atomic E-state index is 12.4. The molecule has 0 bridgehead atoms. The SMILES string of the molecule is C=S(=O)(Nc1ccccc1)c1ccc(N)cc1. The van der Waals surface area contributed by atoms with Gasteiger partial charge in [0.1, 0.15) is 0 Å². The molecule has 17 heavy (non-hydrogen) atoms. The topological polar surface area (TPSA) is 55.1 Å². The van der Waals surface area contributed by atoms with Crippen LogP contribution in [0.1, 0.15) is 0 Å². The van der Waals surface area contributed by atoms with E-state index in [2.05, 4.69) is 10.6 Å². The molecule has 0 spiro atoms. The van der Waals surface area contributed by atoms with E-state index < -0.39 is 9.71 Å². The van der Waals surface area contributed by atoms with Crippen LogP contribution in [0.2, 0.25) is 0 Å². The molecular formula is C13H14N2OS. The van der Waals surface area contributed by atoms with Gasteiger partial charge in [0.05, 0.1) is 9.71 Å². The molecule has 2 rings (SSSR count). The molecule has 3 N–H and O–H groups in total. The largest absolute Gasteiger partial charge is 0.399 e. The predicted octanol–water partition coefficient (Wildman–Crippen LogP) is 2.37. The standard InChI is InChI=1S/C13H14N2OS/c1-17(16,13-9-7-11(14)8-10-13)15-12-5-3-2-4-6-12/h2-10H,1,14H2,(H,15,16). The molecule has 0 aliphatic rings. The number of nitrogens with two attached hydrogens (primary N) is 1. The van der Waals surface area contributed by atoms with Gasteiger partial charge in [-0.05, 0) is 42.3 Å². The number of hydrogen-bond acceptors (Lipinski definition) is 2. The van der Waals surface area contributed by atoms with Crippen LogP contribution in [0.3, 0.4) is 0 Å². The van der Waals surface area contributed by atoms with Crippen molar-refractivity contribution < 1.29 is 4.21 Å². The van der Waals surface area contributed by atoms with Gasteiger partial charge in [-0.15, -0.1) is 0 Å².